The van der Waals surface area contributed by atoms with Crippen LogP contribution in [0.25, 0.3) is 0 Å². The monoisotopic (exact) mass is 225 g/mol. The molecule has 0 bridgehead atoms. The number of hydrogen-bond donors (Lipinski definition) is 1. The lowest BCUT2D eigenvalue weighted by Crippen LogP contribution is -2.11. The number of nitrogens with one attached hydrogen (secondary N) is 1. The largest absolute Gasteiger partial charge is 0.322 e. The molecule has 0 atom stereocenters. The third-order valence-corrected chi connectivity index (χ3v) is 2.66. The fraction of sp³-hybridized carbons (Fsp3) is 0.133. The summed E-state index contributed by atoms with van der Waals surface area (Å²) in [4.78, 5) is 11.9. The van der Waals surface area contributed by atoms with Crippen LogP contribution in [0, 0.1) is 0 Å². The molecular formula is C15H15NO. The van der Waals surface area contributed by atoms with Gasteiger partial charge in [-0.05, 0) is 36.2 Å². The SMILES string of the molecule is CCc1ccc(C(=O)Nc2ccccc2)cc1. The summed E-state index contributed by atoms with van der Waals surface area (Å²) in [6.45, 7) is 2.10. The van der Waals surface area contributed by atoms with Crippen molar-refractivity contribution in [3.63, 3.8) is 0 Å². The van der Waals surface area contributed by atoms with Crippen LogP contribution in [0.4, 0.5) is 5.69 Å². The Kier molecular flexibility index (Phi) is 3.55. The molecule has 0 aliphatic rings. The molecule has 1 amide bonds. The standard InChI is InChI=1S/C15H15NO/c1-2-12-8-10-13(11-9-12)15(17)16-14-6-4-3-5-7-14/h3-11H,2H2,1H3,(H,16,17). The van der Waals surface area contributed by atoms with Crippen molar-refractivity contribution in [1.82, 2.24) is 0 Å². The molecule has 0 aliphatic heterocycles. The third-order valence-electron chi connectivity index (χ3n) is 2.66. The average Bonchev–Trinajstić information content (AvgIpc) is 2.40. The van der Waals surface area contributed by atoms with Gasteiger partial charge < -0.3 is 5.32 Å². The molecule has 0 unspecified atom stereocenters. The van der Waals surface area contributed by atoms with E-state index in [-0.39, 0.29) is 5.91 Å². The van der Waals surface area contributed by atoms with Crippen molar-refractivity contribution in [2.24, 2.45) is 0 Å². The zero-order chi connectivity index (χ0) is 12.1. The van der Waals surface area contributed by atoms with Crippen LogP contribution in [-0.4, -0.2) is 5.91 Å². The van der Waals surface area contributed by atoms with E-state index in [1.54, 1.807) is 0 Å². The van der Waals surface area contributed by atoms with E-state index in [0.29, 0.717) is 5.56 Å². The third kappa shape index (κ3) is 2.94. The summed E-state index contributed by atoms with van der Waals surface area (Å²) in [5.74, 6) is -0.0705. The normalized spacial score (nSPS) is 9.94. The molecular weight excluding hydrogens is 210 g/mol. The van der Waals surface area contributed by atoms with E-state index in [1.165, 1.54) is 5.56 Å². The van der Waals surface area contributed by atoms with Gasteiger partial charge >= 0.3 is 0 Å². The number of aryl methyl sites for hydroxylation is 1. The highest BCUT2D eigenvalue weighted by Gasteiger charge is 2.04. The fourth-order valence-electron chi connectivity index (χ4n) is 1.62. The first-order valence-electron chi connectivity index (χ1n) is 5.75. The Balaban J connectivity index is 2.09. The zero-order valence-electron chi connectivity index (χ0n) is 9.81. The van der Waals surface area contributed by atoms with Gasteiger partial charge in [-0.2, -0.15) is 0 Å². The molecule has 0 spiro atoms. The molecule has 0 saturated carbocycles. The van der Waals surface area contributed by atoms with Crippen molar-refractivity contribution in [2.75, 3.05) is 5.32 Å². The minimum atomic E-state index is -0.0705. The molecule has 0 fully saturated rings. The lowest BCUT2D eigenvalue weighted by atomic mass is 10.1. The molecule has 2 nitrogen and oxygen atoms in total. The van der Waals surface area contributed by atoms with Gasteiger partial charge in [-0.3, -0.25) is 4.79 Å². The molecule has 0 aromatic heterocycles. The number of para-hydroxylation sites is 1. The van der Waals surface area contributed by atoms with Crippen LogP contribution >= 0.6 is 0 Å². The van der Waals surface area contributed by atoms with Crippen LogP contribution in [0.5, 0.6) is 0 Å². The second-order valence-corrected chi connectivity index (χ2v) is 3.87. The first-order chi connectivity index (χ1) is 8.29. The second-order valence-electron chi connectivity index (χ2n) is 3.87. The molecule has 17 heavy (non-hydrogen) atoms. The molecule has 2 rings (SSSR count). The smallest absolute Gasteiger partial charge is 0.255 e. The van der Waals surface area contributed by atoms with E-state index in [0.717, 1.165) is 12.1 Å². The lowest BCUT2D eigenvalue weighted by molar-refractivity contribution is 0.102. The van der Waals surface area contributed by atoms with Crippen molar-refractivity contribution < 1.29 is 4.79 Å². The quantitative estimate of drug-likeness (QED) is 0.851. The Hall–Kier alpha value is -2.09. The van der Waals surface area contributed by atoms with Crippen LogP contribution < -0.4 is 5.32 Å². The van der Waals surface area contributed by atoms with Gasteiger partial charge in [0.05, 0.1) is 0 Å². The fourth-order valence-corrected chi connectivity index (χ4v) is 1.62. The predicted molar refractivity (Wildman–Crippen MR) is 70.2 cm³/mol. The molecule has 0 saturated heterocycles. The van der Waals surface area contributed by atoms with E-state index in [1.807, 2.05) is 54.6 Å². The van der Waals surface area contributed by atoms with E-state index < -0.39 is 0 Å². The van der Waals surface area contributed by atoms with Crippen molar-refractivity contribution in [1.29, 1.82) is 0 Å². The topological polar surface area (TPSA) is 29.1 Å². The summed E-state index contributed by atoms with van der Waals surface area (Å²) in [5, 5.41) is 2.86. The molecule has 2 aromatic carbocycles. The van der Waals surface area contributed by atoms with Gasteiger partial charge in [0.15, 0.2) is 0 Å². The molecule has 2 heteroatoms. The maximum absolute atomic E-state index is 11.9. The Morgan fingerprint density at radius 1 is 1.00 bits per heavy atom. The van der Waals surface area contributed by atoms with E-state index in [9.17, 15) is 4.79 Å². The van der Waals surface area contributed by atoms with Gasteiger partial charge in [0.2, 0.25) is 0 Å². The molecule has 0 aliphatic carbocycles. The number of benzene rings is 2. The van der Waals surface area contributed by atoms with Crippen LogP contribution in [0.1, 0.15) is 22.8 Å². The molecule has 86 valence electrons. The summed E-state index contributed by atoms with van der Waals surface area (Å²) in [5.41, 5.74) is 2.74. The van der Waals surface area contributed by atoms with E-state index >= 15 is 0 Å². The van der Waals surface area contributed by atoms with Crippen LogP contribution in [0.15, 0.2) is 54.6 Å². The number of hydrogen-bond acceptors (Lipinski definition) is 1. The van der Waals surface area contributed by atoms with Gasteiger partial charge in [0.25, 0.3) is 5.91 Å². The summed E-state index contributed by atoms with van der Waals surface area (Å²) < 4.78 is 0. The van der Waals surface area contributed by atoms with Crippen LogP contribution in [-0.2, 0) is 6.42 Å². The first kappa shape index (κ1) is 11.4. The lowest BCUT2D eigenvalue weighted by Gasteiger charge is -2.05. The Morgan fingerprint density at radius 2 is 1.65 bits per heavy atom. The van der Waals surface area contributed by atoms with Crippen LogP contribution in [0.2, 0.25) is 0 Å². The maximum Gasteiger partial charge on any atom is 0.255 e. The highest BCUT2D eigenvalue weighted by molar-refractivity contribution is 6.04. The van der Waals surface area contributed by atoms with Crippen molar-refractivity contribution in [2.45, 2.75) is 13.3 Å². The number of amides is 1. The van der Waals surface area contributed by atoms with Crippen molar-refractivity contribution >= 4 is 11.6 Å². The summed E-state index contributed by atoms with van der Waals surface area (Å²) in [6, 6.07) is 17.2. The minimum absolute atomic E-state index is 0.0705. The van der Waals surface area contributed by atoms with Gasteiger partial charge in [-0.1, -0.05) is 37.3 Å². The molecule has 0 heterocycles. The summed E-state index contributed by atoms with van der Waals surface area (Å²) >= 11 is 0. The Morgan fingerprint density at radius 3 is 2.24 bits per heavy atom. The van der Waals surface area contributed by atoms with Crippen LogP contribution in [0.3, 0.4) is 0 Å². The summed E-state index contributed by atoms with van der Waals surface area (Å²) in [6.07, 6.45) is 0.987. The number of carbonyl (C=O) groups excluding carboxylic acids is 1. The highest BCUT2D eigenvalue weighted by atomic mass is 16.1. The summed E-state index contributed by atoms with van der Waals surface area (Å²) in [7, 11) is 0. The van der Waals surface area contributed by atoms with Crippen molar-refractivity contribution in [3.8, 4) is 0 Å². The van der Waals surface area contributed by atoms with Gasteiger partial charge in [0, 0.05) is 11.3 Å². The Bertz CT molecular complexity index is 488. The molecule has 2 aromatic rings. The highest BCUT2D eigenvalue weighted by Crippen LogP contribution is 2.10. The van der Waals surface area contributed by atoms with Gasteiger partial charge in [0.1, 0.15) is 0 Å². The Labute approximate surface area is 101 Å². The van der Waals surface area contributed by atoms with E-state index in [2.05, 4.69) is 12.2 Å². The van der Waals surface area contributed by atoms with Gasteiger partial charge in [-0.25, -0.2) is 0 Å². The number of carbonyl (C=O) groups is 1. The zero-order valence-corrected chi connectivity index (χ0v) is 9.81. The molecule has 0 radical (unpaired) electrons. The second kappa shape index (κ2) is 5.30. The minimum Gasteiger partial charge on any atom is -0.322 e. The predicted octanol–water partition coefficient (Wildman–Crippen LogP) is 3.50. The van der Waals surface area contributed by atoms with Crippen molar-refractivity contribution in [3.05, 3.63) is 65.7 Å². The molecule has 1 N–H and O–H groups in total. The average molecular weight is 225 g/mol. The number of rotatable bonds is 3. The van der Waals surface area contributed by atoms with Gasteiger partial charge in [-0.15, -0.1) is 0 Å². The number of anilines is 1. The maximum atomic E-state index is 11.9. The van der Waals surface area contributed by atoms with E-state index in [4.69, 9.17) is 0 Å². The first-order valence-corrected chi connectivity index (χ1v) is 5.75.